The van der Waals surface area contributed by atoms with Crippen LogP contribution in [0.3, 0.4) is 0 Å². The molecule has 0 saturated carbocycles. The van der Waals surface area contributed by atoms with Crippen molar-refractivity contribution in [2.24, 2.45) is 0 Å². The summed E-state index contributed by atoms with van der Waals surface area (Å²) in [7, 11) is 0. The molecule has 3 aliphatic heterocycles. The number of rotatable bonds is 9. The van der Waals surface area contributed by atoms with Crippen molar-refractivity contribution in [1.29, 1.82) is 0 Å². The van der Waals surface area contributed by atoms with Crippen LogP contribution < -0.4 is 15.5 Å². The topological polar surface area (TPSA) is 136 Å². The zero-order valence-corrected chi connectivity index (χ0v) is 26.7. The second-order valence-corrected chi connectivity index (χ2v) is 12.7. The Balaban J connectivity index is 1.10. The highest BCUT2D eigenvalue weighted by molar-refractivity contribution is 6.07. The minimum atomic E-state index is -0.291. The van der Waals surface area contributed by atoms with Crippen molar-refractivity contribution in [3.05, 3.63) is 94.6 Å². The highest BCUT2D eigenvalue weighted by Gasteiger charge is 2.35. The number of amides is 2. The molecule has 2 aromatic heterocycles. The fourth-order valence-corrected chi connectivity index (χ4v) is 7.25. The quantitative estimate of drug-likeness (QED) is 0.205. The third kappa shape index (κ3) is 6.19. The van der Waals surface area contributed by atoms with Crippen molar-refractivity contribution in [1.82, 2.24) is 25.0 Å². The fourth-order valence-electron chi connectivity index (χ4n) is 7.25. The smallest absolute Gasteiger partial charge is 0.278 e. The van der Waals surface area contributed by atoms with E-state index in [0.717, 1.165) is 78.0 Å². The summed E-state index contributed by atoms with van der Waals surface area (Å²) in [4.78, 5) is 35.6. The molecule has 1 fully saturated rings. The second kappa shape index (κ2) is 13.4. The summed E-state index contributed by atoms with van der Waals surface area (Å²) < 4.78 is 1.99. The molecule has 1 unspecified atom stereocenters. The van der Waals surface area contributed by atoms with Gasteiger partial charge in [-0.3, -0.25) is 24.2 Å². The van der Waals surface area contributed by atoms with Gasteiger partial charge in [-0.2, -0.15) is 5.10 Å². The van der Waals surface area contributed by atoms with Crippen molar-refractivity contribution in [3.63, 3.8) is 0 Å². The number of aliphatic hydroxyl groups excluding tert-OH is 2. The lowest BCUT2D eigenvalue weighted by molar-refractivity contribution is 0.0982. The van der Waals surface area contributed by atoms with Crippen molar-refractivity contribution in [2.75, 3.05) is 43.0 Å². The molecule has 0 radical (unpaired) electrons. The van der Waals surface area contributed by atoms with Crippen LogP contribution in [-0.4, -0.2) is 80.6 Å². The molecule has 11 nitrogen and oxygen atoms in total. The molecule has 4 N–H and O–H groups in total. The maximum absolute atomic E-state index is 13.9. The molecule has 244 valence electrons. The number of fused-ring (bicyclic) bond motifs is 2. The lowest BCUT2D eigenvalue weighted by atomic mass is 9.93. The Bertz CT molecular complexity index is 1790. The molecule has 2 amide bonds. The third-order valence-corrected chi connectivity index (χ3v) is 9.67. The number of anilines is 2. The summed E-state index contributed by atoms with van der Waals surface area (Å²) in [5.41, 5.74) is 8.46. The zero-order chi connectivity index (χ0) is 32.5. The summed E-state index contributed by atoms with van der Waals surface area (Å²) in [6.45, 7) is 6.02. The number of nitrogens with zero attached hydrogens (tertiary/aromatic N) is 5. The van der Waals surface area contributed by atoms with E-state index in [1.807, 2.05) is 52.9 Å². The number of carbonyl (C=O) groups is 2. The molecular weight excluding hydrogens is 594 g/mol. The number of nitrogens with one attached hydrogen (secondary N) is 2. The first-order valence-electron chi connectivity index (χ1n) is 16.5. The lowest BCUT2D eigenvalue weighted by Crippen LogP contribution is -2.32. The number of likely N-dealkylation sites (tertiary alicyclic amines) is 1. The van der Waals surface area contributed by atoms with Gasteiger partial charge in [0.1, 0.15) is 5.69 Å². The van der Waals surface area contributed by atoms with Gasteiger partial charge in [0.2, 0.25) is 0 Å². The number of aryl methyl sites for hydroxylation is 1. The van der Waals surface area contributed by atoms with Crippen molar-refractivity contribution >= 4 is 23.2 Å². The molecule has 5 heterocycles. The number of carbonyl (C=O) groups excluding carboxylic acids is 2. The Kier molecular flexibility index (Phi) is 8.87. The summed E-state index contributed by atoms with van der Waals surface area (Å²) in [6, 6.07) is 17.6. The standard InChI is InChI=1S/C36H41N7O4/c1-23-26(5-2-7-29(23)39-35(46)30-11-10-24(21-38-30)20-37-14-18-44)27-6-3-8-32-28(27)13-17-42(32)36(47)31-19-34-33(9-4-15-43(34)40-31)41-16-12-25(45)22-41/h2-3,5-8,10-11,19,21,25,33,37,44-45H,4,9,12-18,20,22H2,1H3,(H,39,46)/t25-,33?/m1/s1. The molecule has 47 heavy (non-hydrogen) atoms. The van der Waals surface area contributed by atoms with Crippen LogP contribution in [0.25, 0.3) is 11.1 Å². The van der Waals surface area contributed by atoms with E-state index in [4.69, 9.17) is 10.2 Å². The van der Waals surface area contributed by atoms with Gasteiger partial charge in [0.15, 0.2) is 5.69 Å². The van der Waals surface area contributed by atoms with Crippen LogP contribution in [-0.2, 0) is 19.5 Å². The molecule has 2 aromatic carbocycles. The van der Waals surface area contributed by atoms with E-state index in [1.165, 1.54) is 0 Å². The summed E-state index contributed by atoms with van der Waals surface area (Å²) >= 11 is 0. The van der Waals surface area contributed by atoms with Crippen LogP contribution in [0.1, 0.15) is 68.7 Å². The molecule has 1 saturated heterocycles. The number of aromatic nitrogens is 3. The van der Waals surface area contributed by atoms with Gasteiger partial charge in [-0.25, -0.2) is 0 Å². The predicted molar refractivity (Wildman–Crippen MR) is 179 cm³/mol. The molecular formula is C36H41N7O4. The maximum atomic E-state index is 13.9. The molecule has 11 heteroatoms. The van der Waals surface area contributed by atoms with E-state index < -0.39 is 0 Å². The first kappa shape index (κ1) is 31.2. The average molecular weight is 636 g/mol. The molecule has 7 rings (SSSR count). The fraction of sp³-hybridized carbons (Fsp3) is 0.389. The number of pyridine rings is 1. The van der Waals surface area contributed by atoms with Crippen molar-refractivity contribution < 1.29 is 19.8 Å². The Hall–Kier alpha value is -4.42. The van der Waals surface area contributed by atoms with E-state index in [9.17, 15) is 14.7 Å². The number of aliphatic hydroxyl groups is 2. The summed E-state index contributed by atoms with van der Waals surface area (Å²) in [5, 5.41) is 30.0. The highest BCUT2D eigenvalue weighted by atomic mass is 16.3. The SMILES string of the molecule is Cc1c(NC(=O)c2ccc(CNCCO)cn2)cccc1-c1cccc2c1CCN2C(=O)c1cc2n(n1)CCCC2N1CC[C@@H](O)C1. The molecule has 3 aliphatic rings. The first-order valence-corrected chi connectivity index (χ1v) is 16.5. The minimum Gasteiger partial charge on any atom is -0.395 e. The van der Waals surface area contributed by atoms with Crippen LogP contribution in [0.5, 0.6) is 0 Å². The van der Waals surface area contributed by atoms with Gasteiger partial charge < -0.3 is 25.7 Å². The number of benzene rings is 2. The third-order valence-electron chi connectivity index (χ3n) is 9.67. The van der Waals surface area contributed by atoms with Crippen LogP contribution in [0.4, 0.5) is 11.4 Å². The van der Waals surface area contributed by atoms with E-state index in [1.54, 1.807) is 12.3 Å². The van der Waals surface area contributed by atoms with Gasteiger partial charge in [-0.05, 0) is 84.7 Å². The molecule has 0 bridgehead atoms. The van der Waals surface area contributed by atoms with Crippen LogP contribution >= 0.6 is 0 Å². The maximum Gasteiger partial charge on any atom is 0.278 e. The Labute approximate surface area is 274 Å². The normalized spacial score (nSPS) is 19.1. The van der Waals surface area contributed by atoms with E-state index in [0.29, 0.717) is 43.3 Å². The summed E-state index contributed by atoms with van der Waals surface area (Å²) in [6.07, 6.45) is 4.89. The Morgan fingerprint density at radius 1 is 1.00 bits per heavy atom. The summed E-state index contributed by atoms with van der Waals surface area (Å²) in [5.74, 6) is -0.385. The first-order chi connectivity index (χ1) is 22.9. The molecule has 0 aliphatic carbocycles. The number of hydrogen-bond acceptors (Lipinski definition) is 8. The average Bonchev–Trinajstić information content (AvgIpc) is 3.84. The van der Waals surface area contributed by atoms with Gasteiger partial charge in [0.05, 0.1) is 24.4 Å². The van der Waals surface area contributed by atoms with Gasteiger partial charge in [0, 0.05) is 56.8 Å². The number of β-amino-alcohol motifs (C(OH)–C–C–N with tert-alkyl or cyclic N) is 1. The van der Waals surface area contributed by atoms with E-state index in [2.05, 4.69) is 32.7 Å². The second-order valence-electron chi connectivity index (χ2n) is 12.7. The monoisotopic (exact) mass is 635 g/mol. The number of hydrogen-bond donors (Lipinski definition) is 4. The van der Waals surface area contributed by atoms with Crippen molar-refractivity contribution in [3.8, 4) is 11.1 Å². The Morgan fingerprint density at radius 2 is 1.85 bits per heavy atom. The molecule has 0 spiro atoms. The van der Waals surface area contributed by atoms with Crippen molar-refractivity contribution in [2.45, 2.75) is 57.8 Å². The van der Waals surface area contributed by atoms with E-state index >= 15 is 0 Å². The zero-order valence-electron chi connectivity index (χ0n) is 26.7. The van der Waals surface area contributed by atoms with Gasteiger partial charge in [-0.1, -0.05) is 30.3 Å². The van der Waals surface area contributed by atoms with E-state index in [-0.39, 0.29) is 30.6 Å². The van der Waals surface area contributed by atoms with Gasteiger partial charge >= 0.3 is 0 Å². The molecule has 4 aromatic rings. The largest absolute Gasteiger partial charge is 0.395 e. The van der Waals surface area contributed by atoms with Gasteiger partial charge in [-0.15, -0.1) is 0 Å². The predicted octanol–water partition coefficient (Wildman–Crippen LogP) is 3.69. The Morgan fingerprint density at radius 3 is 2.64 bits per heavy atom. The van der Waals surface area contributed by atoms with Crippen LogP contribution in [0.2, 0.25) is 0 Å². The lowest BCUT2D eigenvalue weighted by Gasteiger charge is -2.31. The van der Waals surface area contributed by atoms with Crippen LogP contribution in [0.15, 0.2) is 60.8 Å². The van der Waals surface area contributed by atoms with Crippen LogP contribution in [0, 0.1) is 6.92 Å². The minimum absolute atomic E-state index is 0.0639. The molecule has 2 atom stereocenters. The highest BCUT2D eigenvalue weighted by Crippen LogP contribution is 2.40. The van der Waals surface area contributed by atoms with Gasteiger partial charge in [0.25, 0.3) is 11.8 Å².